The molecular formula is C13H18N2O4. The van der Waals surface area contributed by atoms with Crippen molar-refractivity contribution in [3.8, 4) is 0 Å². The lowest BCUT2D eigenvalue weighted by molar-refractivity contribution is -0.157. The van der Waals surface area contributed by atoms with Gasteiger partial charge in [0.15, 0.2) is 5.69 Å². The van der Waals surface area contributed by atoms with Gasteiger partial charge in [-0.1, -0.05) is 5.16 Å². The first kappa shape index (κ1) is 12.6. The second-order valence-corrected chi connectivity index (χ2v) is 5.12. The van der Waals surface area contributed by atoms with Gasteiger partial charge < -0.3 is 19.3 Å². The summed E-state index contributed by atoms with van der Waals surface area (Å²) in [5, 5.41) is 6.70. The van der Waals surface area contributed by atoms with Gasteiger partial charge in [-0.15, -0.1) is 0 Å². The molecule has 6 nitrogen and oxygen atoms in total. The van der Waals surface area contributed by atoms with Crippen molar-refractivity contribution in [2.45, 2.75) is 44.4 Å². The van der Waals surface area contributed by atoms with E-state index in [2.05, 4.69) is 10.5 Å². The molecule has 2 aliphatic rings. The lowest BCUT2D eigenvalue weighted by Crippen LogP contribution is -2.49. The van der Waals surface area contributed by atoms with E-state index < -0.39 is 0 Å². The van der Waals surface area contributed by atoms with E-state index in [1.807, 2.05) is 0 Å². The number of nitrogens with zero attached hydrogens (tertiary/aromatic N) is 1. The van der Waals surface area contributed by atoms with Crippen molar-refractivity contribution < 1.29 is 18.8 Å². The molecule has 1 N–H and O–H groups in total. The predicted octanol–water partition coefficient (Wildman–Crippen LogP) is 1.05. The Bertz CT molecular complexity index is 459. The predicted molar refractivity (Wildman–Crippen MR) is 65.8 cm³/mol. The fourth-order valence-electron chi connectivity index (χ4n) is 2.73. The molecule has 6 heteroatoms. The molecule has 3 atom stereocenters. The van der Waals surface area contributed by atoms with E-state index in [4.69, 9.17) is 14.0 Å². The van der Waals surface area contributed by atoms with Crippen molar-refractivity contribution in [3.05, 3.63) is 17.5 Å². The molecular weight excluding hydrogens is 248 g/mol. The number of carbonyl (C=O) groups is 1. The van der Waals surface area contributed by atoms with E-state index in [-0.39, 0.29) is 24.2 Å². The number of hydrogen-bond donors (Lipinski definition) is 1. The van der Waals surface area contributed by atoms with Gasteiger partial charge in [-0.3, -0.25) is 4.79 Å². The highest BCUT2D eigenvalue weighted by Gasteiger charge is 2.34. The van der Waals surface area contributed by atoms with Gasteiger partial charge in [0, 0.05) is 12.1 Å². The fourth-order valence-corrected chi connectivity index (χ4v) is 2.73. The largest absolute Gasteiger partial charge is 0.373 e. The van der Waals surface area contributed by atoms with Crippen LogP contribution >= 0.6 is 0 Å². The second kappa shape index (κ2) is 5.30. The van der Waals surface area contributed by atoms with Crippen molar-refractivity contribution in [1.82, 2.24) is 10.5 Å². The minimum atomic E-state index is -0.183. The van der Waals surface area contributed by atoms with Gasteiger partial charge in [-0.2, -0.15) is 0 Å². The highest BCUT2D eigenvalue weighted by atomic mass is 16.6. The Kier molecular flexibility index (Phi) is 3.52. The Balaban J connectivity index is 1.57. The molecule has 1 saturated carbocycles. The van der Waals surface area contributed by atoms with Crippen LogP contribution in [0.15, 0.2) is 10.6 Å². The maximum Gasteiger partial charge on any atom is 0.273 e. The number of hydrogen-bond acceptors (Lipinski definition) is 5. The average molecular weight is 266 g/mol. The molecule has 1 aliphatic heterocycles. The van der Waals surface area contributed by atoms with E-state index in [1.165, 1.54) is 0 Å². The third-order valence-electron chi connectivity index (χ3n) is 3.67. The number of nitrogens with one attached hydrogen (secondary N) is 1. The summed E-state index contributed by atoms with van der Waals surface area (Å²) in [5.74, 6) is 0.454. The summed E-state index contributed by atoms with van der Waals surface area (Å²) in [5.41, 5.74) is 0.334. The standard InChI is InChI=1S/C13H18N2O4/c1-8-6-10(15-19-8)13(16)14-9-2-3-11-12(7-9)18-5-4-17-11/h6,9,11-12H,2-5,7H2,1H3,(H,14,16)/t9-,11+,12-/m1/s1. The number of rotatable bonds is 2. The van der Waals surface area contributed by atoms with Crippen LogP contribution < -0.4 is 5.32 Å². The van der Waals surface area contributed by atoms with Gasteiger partial charge in [-0.05, 0) is 26.2 Å². The van der Waals surface area contributed by atoms with Crippen molar-refractivity contribution in [1.29, 1.82) is 0 Å². The minimum Gasteiger partial charge on any atom is -0.373 e. The van der Waals surface area contributed by atoms with Crippen LogP contribution in [0.3, 0.4) is 0 Å². The Morgan fingerprint density at radius 2 is 2.11 bits per heavy atom. The molecule has 19 heavy (non-hydrogen) atoms. The molecule has 2 heterocycles. The van der Waals surface area contributed by atoms with E-state index in [0.717, 1.165) is 19.3 Å². The monoisotopic (exact) mass is 266 g/mol. The first-order chi connectivity index (χ1) is 9.22. The third kappa shape index (κ3) is 2.79. The number of ether oxygens (including phenoxy) is 2. The number of aryl methyl sites for hydroxylation is 1. The van der Waals surface area contributed by atoms with Gasteiger partial charge in [-0.25, -0.2) is 0 Å². The summed E-state index contributed by atoms with van der Waals surface area (Å²) in [6.07, 6.45) is 2.93. The van der Waals surface area contributed by atoms with Gasteiger partial charge in [0.25, 0.3) is 5.91 Å². The maximum atomic E-state index is 12.0. The van der Waals surface area contributed by atoms with E-state index >= 15 is 0 Å². The van der Waals surface area contributed by atoms with Gasteiger partial charge in [0.1, 0.15) is 5.76 Å². The molecule has 0 bridgehead atoms. The molecule has 3 rings (SSSR count). The second-order valence-electron chi connectivity index (χ2n) is 5.12. The number of carbonyl (C=O) groups excluding carboxylic acids is 1. The van der Waals surface area contributed by atoms with Crippen molar-refractivity contribution in [3.63, 3.8) is 0 Å². The van der Waals surface area contributed by atoms with Crippen LogP contribution in [-0.2, 0) is 9.47 Å². The summed E-state index contributed by atoms with van der Waals surface area (Å²) in [4.78, 5) is 12.0. The zero-order chi connectivity index (χ0) is 13.2. The zero-order valence-electron chi connectivity index (χ0n) is 10.9. The van der Waals surface area contributed by atoms with Crippen LogP contribution in [0.5, 0.6) is 0 Å². The molecule has 2 fully saturated rings. The summed E-state index contributed by atoms with van der Waals surface area (Å²) in [6, 6.07) is 1.76. The molecule has 1 amide bonds. The molecule has 1 aliphatic carbocycles. The first-order valence-electron chi connectivity index (χ1n) is 6.70. The normalized spacial score (nSPS) is 30.7. The Morgan fingerprint density at radius 3 is 2.84 bits per heavy atom. The Morgan fingerprint density at radius 1 is 1.32 bits per heavy atom. The molecule has 0 spiro atoms. The summed E-state index contributed by atoms with van der Waals surface area (Å²) in [7, 11) is 0. The third-order valence-corrected chi connectivity index (χ3v) is 3.67. The minimum absolute atomic E-state index is 0.104. The van der Waals surface area contributed by atoms with Crippen LogP contribution in [0.25, 0.3) is 0 Å². The lowest BCUT2D eigenvalue weighted by Gasteiger charge is -2.38. The van der Waals surface area contributed by atoms with E-state index in [0.29, 0.717) is 24.7 Å². The van der Waals surface area contributed by atoms with Crippen molar-refractivity contribution in [2.24, 2.45) is 0 Å². The fraction of sp³-hybridized carbons (Fsp3) is 0.692. The highest BCUT2D eigenvalue weighted by molar-refractivity contribution is 5.92. The summed E-state index contributed by atoms with van der Waals surface area (Å²) in [6.45, 7) is 3.09. The van der Waals surface area contributed by atoms with Gasteiger partial charge >= 0.3 is 0 Å². The molecule has 1 saturated heterocycles. The molecule has 104 valence electrons. The average Bonchev–Trinajstić information content (AvgIpc) is 2.85. The van der Waals surface area contributed by atoms with Crippen LogP contribution in [0.1, 0.15) is 35.5 Å². The van der Waals surface area contributed by atoms with Crippen LogP contribution in [0.2, 0.25) is 0 Å². The van der Waals surface area contributed by atoms with Crippen LogP contribution in [-0.4, -0.2) is 42.5 Å². The molecule has 0 radical (unpaired) electrons. The molecule has 1 aromatic heterocycles. The van der Waals surface area contributed by atoms with Crippen molar-refractivity contribution >= 4 is 5.91 Å². The Hall–Kier alpha value is -1.40. The smallest absolute Gasteiger partial charge is 0.273 e. The van der Waals surface area contributed by atoms with Gasteiger partial charge in [0.2, 0.25) is 0 Å². The Labute approximate surface area is 111 Å². The topological polar surface area (TPSA) is 73.6 Å². The van der Waals surface area contributed by atoms with Crippen LogP contribution in [0, 0.1) is 6.92 Å². The number of aromatic nitrogens is 1. The van der Waals surface area contributed by atoms with E-state index in [9.17, 15) is 4.79 Å². The molecule has 1 aromatic rings. The van der Waals surface area contributed by atoms with Crippen LogP contribution in [0.4, 0.5) is 0 Å². The first-order valence-corrected chi connectivity index (χ1v) is 6.70. The molecule has 0 unspecified atom stereocenters. The SMILES string of the molecule is Cc1cc(C(=O)N[C@@H]2CC[C@@H]3OCCO[C@@H]3C2)no1. The van der Waals surface area contributed by atoms with Crippen molar-refractivity contribution in [2.75, 3.05) is 13.2 Å². The van der Waals surface area contributed by atoms with Gasteiger partial charge in [0.05, 0.1) is 25.4 Å². The summed E-state index contributed by atoms with van der Waals surface area (Å²) < 4.78 is 16.3. The molecule has 0 aromatic carbocycles. The number of amides is 1. The van der Waals surface area contributed by atoms with E-state index in [1.54, 1.807) is 13.0 Å². The quantitative estimate of drug-likeness (QED) is 0.866. The lowest BCUT2D eigenvalue weighted by atomic mass is 9.89. The highest BCUT2D eigenvalue weighted by Crippen LogP contribution is 2.26. The maximum absolute atomic E-state index is 12.0. The summed E-state index contributed by atoms with van der Waals surface area (Å²) >= 11 is 0. The zero-order valence-corrected chi connectivity index (χ0v) is 10.9. The number of fused-ring (bicyclic) bond motifs is 1.